The van der Waals surface area contributed by atoms with Crippen molar-refractivity contribution in [3.63, 3.8) is 0 Å². The Bertz CT molecular complexity index is 751. The van der Waals surface area contributed by atoms with Crippen LogP contribution in [0.5, 0.6) is 0 Å². The fraction of sp³-hybridized carbons (Fsp3) is 0.267. The number of rotatable bonds is 6. The maximum absolute atomic E-state index is 12.4. The highest BCUT2D eigenvalue weighted by atomic mass is 32.2. The third kappa shape index (κ3) is 4.33. The second-order valence-electron chi connectivity index (χ2n) is 5.06. The molecular formula is C15H18N4O3S. The second-order valence-corrected chi connectivity index (χ2v) is 7.10. The number of carbonyl (C=O) groups is 1. The van der Waals surface area contributed by atoms with Gasteiger partial charge in [-0.15, -0.1) is 0 Å². The van der Waals surface area contributed by atoms with Crippen molar-refractivity contribution in [2.45, 2.75) is 11.4 Å². The average molecular weight is 334 g/mol. The lowest BCUT2D eigenvalue weighted by molar-refractivity contribution is -0.130. The molecule has 7 nitrogen and oxygen atoms in total. The van der Waals surface area contributed by atoms with Gasteiger partial charge in [-0.05, 0) is 29.8 Å². The zero-order valence-corrected chi connectivity index (χ0v) is 13.8. The molecule has 2 heterocycles. The Balaban J connectivity index is 2.02. The van der Waals surface area contributed by atoms with Crippen LogP contribution in [0.1, 0.15) is 5.56 Å². The molecule has 0 aliphatic rings. The van der Waals surface area contributed by atoms with Crippen LogP contribution in [0.4, 0.5) is 0 Å². The van der Waals surface area contributed by atoms with Gasteiger partial charge in [-0.3, -0.25) is 14.8 Å². The first-order valence-electron chi connectivity index (χ1n) is 6.90. The van der Waals surface area contributed by atoms with Gasteiger partial charge >= 0.3 is 0 Å². The zero-order chi connectivity index (χ0) is 16.9. The van der Waals surface area contributed by atoms with Crippen LogP contribution in [-0.2, 0) is 21.4 Å². The maximum Gasteiger partial charge on any atom is 0.244 e. The monoisotopic (exact) mass is 334 g/mol. The van der Waals surface area contributed by atoms with E-state index in [1.54, 1.807) is 31.6 Å². The first-order chi connectivity index (χ1) is 10.9. The topological polar surface area (TPSA) is 83.5 Å². The summed E-state index contributed by atoms with van der Waals surface area (Å²) in [6, 6.07) is 6.60. The first kappa shape index (κ1) is 17.0. The van der Waals surface area contributed by atoms with Gasteiger partial charge in [-0.1, -0.05) is 0 Å². The SMILES string of the molecule is CN(Cc1ccncc1)C(=O)CN(C)S(=O)(=O)c1cccnc1. The first-order valence-corrected chi connectivity index (χ1v) is 8.34. The minimum Gasteiger partial charge on any atom is -0.340 e. The molecule has 122 valence electrons. The fourth-order valence-corrected chi connectivity index (χ4v) is 3.01. The van der Waals surface area contributed by atoms with E-state index in [9.17, 15) is 13.2 Å². The molecule has 0 N–H and O–H groups in total. The molecule has 0 radical (unpaired) electrons. The van der Waals surface area contributed by atoms with Crippen molar-refractivity contribution in [3.8, 4) is 0 Å². The third-order valence-electron chi connectivity index (χ3n) is 3.30. The molecule has 0 aliphatic carbocycles. The van der Waals surface area contributed by atoms with E-state index in [2.05, 4.69) is 9.97 Å². The number of likely N-dealkylation sites (N-methyl/N-ethyl adjacent to an activating group) is 2. The molecule has 8 heteroatoms. The van der Waals surface area contributed by atoms with Gasteiger partial charge in [0.2, 0.25) is 15.9 Å². The number of aromatic nitrogens is 2. The standard InChI is InChI=1S/C15H18N4O3S/c1-18(11-13-5-8-16-9-6-13)15(20)12-19(2)23(21,22)14-4-3-7-17-10-14/h3-10H,11-12H2,1-2H3. The molecule has 0 aromatic carbocycles. The number of pyridine rings is 2. The van der Waals surface area contributed by atoms with Gasteiger partial charge in [0, 0.05) is 45.4 Å². The van der Waals surface area contributed by atoms with E-state index in [0.717, 1.165) is 9.87 Å². The molecule has 2 aromatic heterocycles. The number of sulfonamides is 1. The van der Waals surface area contributed by atoms with E-state index in [1.165, 1.54) is 36.5 Å². The summed E-state index contributed by atoms with van der Waals surface area (Å²) >= 11 is 0. The summed E-state index contributed by atoms with van der Waals surface area (Å²) in [5.74, 6) is -0.295. The van der Waals surface area contributed by atoms with E-state index < -0.39 is 10.0 Å². The average Bonchev–Trinajstić information content (AvgIpc) is 2.56. The molecule has 2 aromatic rings. The van der Waals surface area contributed by atoms with Gasteiger partial charge in [0.25, 0.3) is 0 Å². The smallest absolute Gasteiger partial charge is 0.244 e. The Morgan fingerprint density at radius 3 is 2.39 bits per heavy atom. The quantitative estimate of drug-likeness (QED) is 0.779. The molecule has 0 aliphatic heterocycles. The van der Waals surface area contributed by atoms with Gasteiger partial charge in [-0.25, -0.2) is 8.42 Å². The summed E-state index contributed by atoms with van der Waals surface area (Å²) < 4.78 is 25.7. The molecule has 0 fully saturated rings. The van der Waals surface area contributed by atoms with E-state index >= 15 is 0 Å². The number of nitrogens with zero attached hydrogens (tertiary/aromatic N) is 4. The van der Waals surface area contributed by atoms with Gasteiger partial charge in [0.15, 0.2) is 0 Å². The van der Waals surface area contributed by atoms with E-state index in [-0.39, 0.29) is 17.3 Å². The van der Waals surface area contributed by atoms with Crippen LogP contribution in [0.2, 0.25) is 0 Å². The highest BCUT2D eigenvalue weighted by Crippen LogP contribution is 2.12. The molecule has 0 spiro atoms. The molecule has 0 bridgehead atoms. The van der Waals surface area contributed by atoms with Crippen LogP contribution in [0.25, 0.3) is 0 Å². The van der Waals surface area contributed by atoms with Gasteiger partial charge in [0.05, 0.1) is 6.54 Å². The minimum atomic E-state index is -3.73. The number of amides is 1. The number of hydrogen-bond donors (Lipinski definition) is 0. The molecule has 0 unspecified atom stereocenters. The normalized spacial score (nSPS) is 11.4. The van der Waals surface area contributed by atoms with E-state index in [0.29, 0.717) is 6.54 Å². The summed E-state index contributed by atoms with van der Waals surface area (Å²) in [5, 5.41) is 0. The molecule has 0 saturated heterocycles. The lowest BCUT2D eigenvalue weighted by Gasteiger charge is -2.21. The van der Waals surface area contributed by atoms with Crippen molar-refractivity contribution in [1.29, 1.82) is 0 Å². The molecule has 1 amide bonds. The summed E-state index contributed by atoms with van der Waals surface area (Å²) in [5.41, 5.74) is 0.925. The van der Waals surface area contributed by atoms with E-state index in [1.807, 2.05) is 0 Å². The Labute approximate surface area is 135 Å². The van der Waals surface area contributed by atoms with Crippen molar-refractivity contribution >= 4 is 15.9 Å². The summed E-state index contributed by atoms with van der Waals surface area (Å²) in [6.07, 6.45) is 6.04. The lowest BCUT2D eigenvalue weighted by atomic mass is 10.2. The van der Waals surface area contributed by atoms with Crippen LogP contribution >= 0.6 is 0 Å². The van der Waals surface area contributed by atoms with Crippen LogP contribution in [0.15, 0.2) is 53.9 Å². The number of carbonyl (C=O) groups excluding carboxylic acids is 1. The Kier molecular flexibility index (Phi) is 5.41. The highest BCUT2D eigenvalue weighted by Gasteiger charge is 2.24. The van der Waals surface area contributed by atoms with Crippen LogP contribution in [0.3, 0.4) is 0 Å². The highest BCUT2D eigenvalue weighted by molar-refractivity contribution is 7.89. The number of hydrogen-bond acceptors (Lipinski definition) is 5. The molecular weight excluding hydrogens is 316 g/mol. The summed E-state index contributed by atoms with van der Waals surface area (Å²) in [4.78, 5) is 21.5. The van der Waals surface area contributed by atoms with Crippen LogP contribution in [-0.4, -0.2) is 54.1 Å². The molecule has 23 heavy (non-hydrogen) atoms. The molecule has 2 rings (SSSR count). The van der Waals surface area contributed by atoms with Gasteiger partial charge in [0.1, 0.15) is 4.90 Å². The third-order valence-corrected chi connectivity index (χ3v) is 5.08. The predicted octanol–water partition coefficient (Wildman–Crippen LogP) is 0.756. The van der Waals surface area contributed by atoms with Gasteiger partial charge < -0.3 is 4.90 Å². The molecule has 0 saturated carbocycles. The predicted molar refractivity (Wildman–Crippen MR) is 84.8 cm³/mol. The Morgan fingerprint density at radius 1 is 1.09 bits per heavy atom. The Hall–Kier alpha value is -2.32. The second kappa shape index (κ2) is 7.30. The maximum atomic E-state index is 12.4. The van der Waals surface area contributed by atoms with Gasteiger partial charge in [-0.2, -0.15) is 4.31 Å². The van der Waals surface area contributed by atoms with Crippen molar-refractivity contribution in [1.82, 2.24) is 19.2 Å². The largest absolute Gasteiger partial charge is 0.340 e. The summed E-state index contributed by atoms with van der Waals surface area (Å²) in [6.45, 7) is 0.154. The summed E-state index contributed by atoms with van der Waals surface area (Å²) in [7, 11) is -0.719. The fourth-order valence-electron chi connectivity index (χ4n) is 1.93. The Morgan fingerprint density at radius 2 is 1.78 bits per heavy atom. The zero-order valence-electron chi connectivity index (χ0n) is 13.0. The van der Waals surface area contributed by atoms with Crippen molar-refractivity contribution in [2.24, 2.45) is 0 Å². The van der Waals surface area contributed by atoms with Crippen LogP contribution in [0, 0.1) is 0 Å². The van der Waals surface area contributed by atoms with Crippen molar-refractivity contribution in [2.75, 3.05) is 20.6 Å². The van der Waals surface area contributed by atoms with Crippen molar-refractivity contribution < 1.29 is 13.2 Å². The van der Waals surface area contributed by atoms with Crippen LogP contribution < -0.4 is 0 Å². The lowest BCUT2D eigenvalue weighted by Crippen LogP contribution is -2.39. The van der Waals surface area contributed by atoms with E-state index in [4.69, 9.17) is 0 Å². The minimum absolute atomic E-state index is 0.0621. The van der Waals surface area contributed by atoms with Crippen molar-refractivity contribution in [3.05, 3.63) is 54.6 Å². The molecule has 0 atom stereocenters.